The highest BCUT2D eigenvalue weighted by atomic mass is 14.9. The van der Waals surface area contributed by atoms with Gasteiger partial charge in [0.1, 0.15) is 0 Å². The fourth-order valence-corrected chi connectivity index (χ4v) is 0.679. The largest absolute Gasteiger partial charge is 0.316 e. The van der Waals surface area contributed by atoms with Crippen LogP contribution in [0, 0.1) is 12.3 Å². The molecule has 0 spiro atoms. The van der Waals surface area contributed by atoms with E-state index in [-0.39, 0.29) is 0 Å². The van der Waals surface area contributed by atoms with Crippen LogP contribution in [0.5, 0.6) is 0 Å². The topological polar surface area (TPSA) is 12.0 Å². The predicted molar refractivity (Wildman–Crippen MR) is 26.3 cm³/mol. The molecule has 1 unspecified atom stereocenters. The molecule has 1 aliphatic rings. The zero-order chi connectivity index (χ0) is 4.41. The second-order valence-electron chi connectivity index (χ2n) is 1.87. The molecule has 0 aliphatic carbocycles. The van der Waals surface area contributed by atoms with Gasteiger partial charge in [-0.25, -0.2) is 0 Å². The summed E-state index contributed by atoms with van der Waals surface area (Å²) in [6.07, 6.45) is 2.29. The van der Waals surface area contributed by atoms with Crippen molar-refractivity contribution in [3.8, 4) is 0 Å². The maximum Gasteiger partial charge on any atom is -0.00141 e. The number of hydrogen-bond donors (Lipinski definition) is 1. The van der Waals surface area contributed by atoms with Gasteiger partial charge in [0.2, 0.25) is 0 Å². The van der Waals surface area contributed by atoms with Crippen molar-refractivity contribution < 1.29 is 0 Å². The molecule has 0 amide bonds. The van der Waals surface area contributed by atoms with Crippen molar-refractivity contribution in [3.63, 3.8) is 0 Å². The Bertz CT molecular complexity index is 37.2. The average Bonchev–Trinajstić information content (AvgIpc) is 1.86. The van der Waals surface area contributed by atoms with E-state index in [4.69, 9.17) is 0 Å². The van der Waals surface area contributed by atoms with Crippen LogP contribution in [0.25, 0.3) is 0 Å². The molecule has 1 aliphatic heterocycles. The second-order valence-corrected chi connectivity index (χ2v) is 1.87. The van der Waals surface area contributed by atoms with E-state index in [0.717, 1.165) is 12.5 Å². The molecular weight excluding hydrogens is 74.1 g/mol. The van der Waals surface area contributed by atoms with Crippen molar-refractivity contribution in [2.75, 3.05) is 13.1 Å². The highest BCUT2D eigenvalue weighted by Gasteiger charge is 2.06. The Kier molecular flexibility index (Phi) is 1.10. The monoisotopic (exact) mass is 84.1 g/mol. The molecule has 35 valence electrons. The third kappa shape index (κ3) is 0.716. The van der Waals surface area contributed by atoms with Crippen molar-refractivity contribution in [2.45, 2.75) is 6.92 Å². The summed E-state index contributed by atoms with van der Waals surface area (Å²) < 4.78 is 0. The first-order valence-electron chi connectivity index (χ1n) is 2.43. The molecule has 0 aromatic heterocycles. The minimum atomic E-state index is 0.810. The van der Waals surface area contributed by atoms with Crippen LogP contribution in [0.2, 0.25) is 0 Å². The van der Waals surface area contributed by atoms with E-state index in [1.807, 2.05) is 0 Å². The molecule has 1 atom stereocenters. The maximum absolute atomic E-state index is 3.22. The molecule has 1 saturated heterocycles. The predicted octanol–water partition coefficient (Wildman–Crippen LogP) is 0.430. The molecule has 1 heterocycles. The maximum atomic E-state index is 3.22. The normalized spacial score (nSPS) is 34.5. The summed E-state index contributed by atoms with van der Waals surface area (Å²) in [4.78, 5) is 0. The quantitative estimate of drug-likeness (QED) is 0.449. The lowest BCUT2D eigenvalue weighted by atomic mass is 10.2. The van der Waals surface area contributed by atoms with Crippen molar-refractivity contribution in [2.24, 2.45) is 5.92 Å². The molecule has 1 heteroatoms. The van der Waals surface area contributed by atoms with Gasteiger partial charge in [0.25, 0.3) is 0 Å². The van der Waals surface area contributed by atoms with Crippen molar-refractivity contribution in [1.29, 1.82) is 0 Å². The first-order chi connectivity index (χ1) is 2.89. The summed E-state index contributed by atoms with van der Waals surface area (Å²) in [7, 11) is 0. The molecule has 1 N–H and O–H groups in total. The van der Waals surface area contributed by atoms with Crippen LogP contribution in [-0.4, -0.2) is 13.1 Å². The van der Waals surface area contributed by atoms with Crippen LogP contribution in [0.4, 0.5) is 0 Å². The van der Waals surface area contributed by atoms with E-state index in [1.54, 1.807) is 0 Å². The lowest BCUT2D eigenvalue weighted by Gasteiger charge is -1.90. The van der Waals surface area contributed by atoms with E-state index in [1.165, 1.54) is 6.54 Å². The van der Waals surface area contributed by atoms with Crippen molar-refractivity contribution in [3.05, 3.63) is 6.42 Å². The van der Waals surface area contributed by atoms with Gasteiger partial charge in [-0.15, -0.1) is 0 Å². The molecule has 0 bridgehead atoms. The Morgan fingerprint density at radius 2 is 2.67 bits per heavy atom. The van der Waals surface area contributed by atoms with E-state index in [9.17, 15) is 0 Å². The van der Waals surface area contributed by atoms with Crippen molar-refractivity contribution in [1.82, 2.24) is 5.32 Å². The Morgan fingerprint density at radius 3 is 2.83 bits per heavy atom. The van der Waals surface area contributed by atoms with Crippen LogP contribution >= 0.6 is 0 Å². The zero-order valence-electron chi connectivity index (χ0n) is 4.07. The SMILES string of the molecule is CC1[CH]CNC1. The minimum absolute atomic E-state index is 0.810. The van der Waals surface area contributed by atoms with Gasteiger partial charge in [0, 0.05) is 0 Å². The first kappa shape index (κ1) is 4.13. The molecule has 1 nitrogen and oxygen atoms in total. The summed E-state index contributed by atoms with van der Waals surface area (Å²) in [6.45, 7) is 4.52. The molecule has 1 rings (SSSR count). The Balaban J connectivity index is 2.18. The molecule has 6 heavy (non-hydrogen) atoms. The minimum Gasteiger partial charge on any atom is -0.316 e. The van der Waals surface area contributed by atoms with Gasteiger partial charge in [-0.1, -0.05) is 6.92 Å². The fourth-order valence-electron chi connectivity index (χ4n) is 0.679. The molecule has 0 aromatic carbocycles. The van der Waals surface area contributed by atoms with Gasteiger partial charge in [-0.3, -0.25) is 0 Å². The lowest BCUT2D eigenvalue weighted by molar-refractivity contribution is 0.717. The Labute approximate surface area is 38.7 Å². The van der Waals surface area contributed by atoms with Crippen LogP contribution in [0.1, 0.15) is 6.92 Å². The third-order valence-corrected chi connectivity index (χ3v) is 1.13. The molecule has 0 aromatic rings. The summed E-state index contributed by atoms with van der Waals surface area (Å²) >= 11 is 0. The van der Waals surface area contributed by atoms with Crippen LogP contribution in [0.3, 0.4) is 0 Å². The highest BCUT2D eigenvalue weighted by Crippen LogP contribution is 2.01. The molecule has 1 radical (unpaired) electrons. The van der Waals surface area contributed by atoms with Gasteiger partial charge in [0.05, 0.1) is 0 Å². The van der Waals surface area contributed by atoms with E-state index in [0.29, 0.717) is 0 Å². The van der Waals surface area contributed by atoms with Crippen LogP contribution < -0.4 is 5.32 Å². The fraction of sp³-hybridized carbons (Fsp3) is 0.800. The summed E-state index contributed by atoms with van der Waals surface area (Å²) in [5.74, 6) is 0.810. The third-order valence-electron chi connectivity index (χ3n) is 1.13. The first-order valence-corrected chi connectivity index (χ1v) is 2.43. The lowest BCUT2D eigenvalue weighted by Crippen LogP contribution is -2.06. The second kappa shape index (κ2) is 1.61. The van der Waals surface area contributed by atoms with E-state index in [2.05, 4.69) is 18.7 Å². The standard InChI is InChI=1S/C5H10N/c1-5-2-3-6-4-5/h2,5-6H,3-4H2,1H3. The Hall–Kier alpha value is -0.0400. The van der Waals surface area contributed by atoms with Gasteiger partial charge in [0.15, 0.2) is 0 Å². The van der Waals surface area contributed by atoms with E-state index < -0.39 is 0 Å². The molecule has 1 fully saturated rings. The van der Waals surface area contributed by atoms with E-state index >= 15 is 0 Å². The Morgan fingerprint density at radius 1 is 1.83 bits per heavy atom. The number of hydrogen-bond acceptors (Lipinski definition) is 1. The summed E-state index contributed by atoms with van der Waals surface area (Å²) in [5, 5.41) is 3.22. The molecular formula is C5H10N. The molecule has 0 saturated carbocycles. The summed E-state index contributed by atoms with van der Waals surface area (Å²) in [5.41, 5.74) is 0. The van der Waals surface area contributed by atoms with Crippen molar-refractivity contribution >= 4 is 0 Å². The van der Waals surface area contributed by atoms with Crippen LogP contribution in [-0.2, 0) is 0 Å². The zero-order valence-corrected chi connectivity index (χ0v) is 4.07. The van der Waals surface area contributed by atoms with Gasteiger partial charge in [-0.05, 0) is 25.4 Å². The highest BCUT2D eigenvalue weighted by molar-refractivity contribution is 4.83. The van der Waals surface area contributed by atoms with Gasteiger partial charge in [-0.2, -0.15) is 0 Å². The number of nitrogens with one attached hydrogen (secondary N) is 1. The van der Waals surface area contributed by atoms with Crippen LogP contribution in [0.15, 0.2) is 0 Å². The smallest absolute Gasteiger partial charge is 0.00141 e. The summed E-state index contributed by atoms with van der Waals surface area (Å²) in [6, 6.07) is 0. The van der Waals surface area contributed by atoms with Gasteiger partial charge >= 0.3 is 0 Å². The average molecular weight is 84.1 g/mol. The van der Waals surface area contributed by atoms with Gasteiger partial charge < -0.3 is 5.32 Å². The number of rotatable bonds is 0.